The molecule has 1 saturated heterocycles. The van der Waals surface area contributed by atoms with Crippen molar-refractivity contribution in [3.63, 3.8) is 0 Å². The summed E-state index contributed by atoms with van der Waals surface area (Å²) in [5.41, 5.74) is 2.15. The average Bonchev–Trinajstić information content (AvgIpc) is 3.10. The number of rotatable bonds is 5. The van der Waals surface area contributed by atoms with Crippen LogP contribution in [-0.4, -0.2) is 31.7 Å². The van der Waals surface area contributed by atoms with Gasteiger partial charge in [0.05, 0.1) is 6.20 Å². The molecule has 1 aliphatic rings. The number of piperidine rings is 1. The molecule has 22 heavy (non-hydrogen) atoms. The fourth-order valence-electron chi connectivity index (χ4n) is 2.62. The molecule has 2 heterocycles. The van der Waals surface area contributed by atoms with E-state index in [0.29, 0.717) is 0 Å². The van der Waals surface area contributed by atoms with E-state index in [2.05, 4.69) is 32.0 Å². The molecule has 6 nitrogen and oxygen atoms in total. The third-order valence-corrected chi connectivity index (χ3v) is 5.28. The number of anilines is 1. The van der Waals surface area contributed by atoms with Crippen molar-refractivity contribution < 1.29 is 8.42 Å². The Labute approximate surface area is 130 Å². The molecular formula is C15H20N4O2S. The summed E-state index contributed by atoms with van der Waals surface area (Å²) in [4.78, 5) is 2.53. The quantitative estimate of drug-likeness (QED) is 0.882. The van der Waals surface area contributed by atoms with Crippen molar-refractivity contribution in [2.45, 2.75) is 30.7 Å². The van der Waals surface area contributed by atoms with Gasteiger partial charge in [0, 0.05) is 31.5 Å². The van der Waals surface area contributed by atoms with Crippen LogP contribution in [0, 0.1) is 0 Å². The second-order valence-corrected chi connectivity index (χ2v) is 7.24. The Balaban J connectivity index is 1.61. The number of sulfonamides is 1. The minimum Gasteiger partial charge on any atom is -0.372 e. The van der Waals surface area contributed by atoms with Gasteiger partial charge in [-0.15, -0.1) is 0 Å². The largest absolute Gasteiger partial charge is 0.372 e. The maximum atomic E-state index is 12.0. The van der Waals surface area contributed by atoms with E-state index in [1.165, 1.54) is 37.3 Å². The van der Waals surface area contributed by atoms with Gasteiger partial charge in [0.25, 0.3) is 0 Å². The molecule has 0 aliphatic carbocycles. The number of benzene rings is 1. The summed E-state index contributed by atoms with van der Waals surface area (Å²) >= 11 is 0. The highest BCUT2D eigenvalue weighted by Gasteiger charge is 2.15. The van der Waals surface area contributed by atoms with Crippen LogP contribution in [0.4, 0.5) is 5.69 Å². The predicted octanol–water partition coefficient (Wildman–Crippen LogP) is 1.88. The molecule has 0 unspecified atom stereocenters. The molecule has 0 amide bonds. The van der Waals surface area contributed by atoms with Crippen LogP contribution >= 0.6 is 0 Å². The number of hydrogen-bond donors (Lipinski definition) is 2. The first-order valence-electron chi connectivity index (χ1n) is 7.47. The van der Waals surface area contributed by atoms with E-state index in [9.17, 15) is 8.42 Å². The lowest BCUT2D eigenvalue weighted by atomic mass is 10.1. The molecule has 7 heteroatoms. The summed E-state index contributed by atoms with van der Waals surface area (Å²) in [5, 5.41) is 6.16. The van der Waals surface area contributed by atoms with Gasteiger partial charge in [0.2, 0.25) is 10.0 Å². The third kappa shape index (κ3) is 3.48. The normalized spacial score (nSPS) is 15.9. The van der Waals surface area contributed by atoms with Crippen molar-refractivity contribution in [1.29, 1.82) is 0 Å². The molecule has 0 saturated carbocycles. The standard InChI is InChI=1S/C15H20N4O2S/c20-22(21,15-11-16-17-12-15)18-10-13-4-6-14(7-5-13)19-8-2-1-3-9-19/h4-7,11-12,18H,1-3,8-10H2,(H,16,17). The SMILES string of the molecule is O=S(=O)(NCc1ccc(N2CCCCC2)cc1)c1cn[nH]c1. The molecule has 1 aliphatic heterocycles. The molecule has 0 bridgehead atoms. The Hall–Kier alpha value is -1.86. The smallest absolute Gasteiger partial charge is 0.243 e. The zero-order valence-electron chi connectivity index (χ0n) is 12.3. The van der Waals surface area contributed by atoms with E-state index in [4.69, 9.17) is 0 Å². The van der Waals surface area contributed by atoms with Crippen LogP contribution in [0.5, 0.6) is 0 Å². The Morgan fingerprint density at radius 1 is 1.14 bits per heavy atom. The minimum atomic E-state index is -3.50. The zero-order valence-corrected chi connectivity index (χ0v) is 13.1. The van der Waals surface area contributed by atoms with Crippen LogP contribution < -0.4 is 9.62 Å². The van der Waals surface area contributed by atoms with Gasteiger partial charge in [0.1, 0.15) is 4.90 Å². The second kappa shape index (κ2) is 6.50. The zero-order chi connectivity index (χ0) is 15.4. The summed E-state index contributed by atoms with van der Waals surface area (Å²) in [6, 6.07) is 8.07. The summed E-state index contributed by atoms with van der Waals surface area (Å²) in [6.45, 7) is 2.48. The molecule has 3 rings (SSSR count). The first-order chi connectivity index (χ1) is 10.6. The van der Waals surface area contributed by atoms with Gasteiger partial charge in [-0.1, -0.05) is 12.1 Å². The molecule has 1 fully saturated rings. The number of aromatic amines is 1. The van der Waals surface area contributed by atoms with E-state index in [1.54, 1.807) is 0 Å². The minimum absolute atomic E-state index is 0.150. The van der Waals surface area contributed by atoms with Crippen LogP contribution in [0.15, 0.2) is 41.6 Å². The first-order valence-corrected chi connectivity index (χ1v) is 8.96. The fourth-order valence-corrected chi connectivity index (χ4v) is 3.55. The molecule has 0 spiro atoms. The second-order valence-electron chi connectivity index (χ2n) is 5.47. The molecule has 2 N–H and O–H groups in total. The first kappa shape index (κ1) is 15.1. The van der Waals surface area contributed by atoms with Crippen molar-refractivity contribution >= 4 is 15.7 Å². The Morgan fingerprint density at radius 2 is 1.86 bits per heavy atom. The summed E-state index contributed by atoms with van der Waals surface area (Å²) in [7, 11) is -3.50. The van der Waals surface area contributed by atoms with Gasteiger partial charge in [-0.2, -0.15) is 5.10 Å². The Kier molecular flexibility index (Phi) is 4.44. The van der Waals surface area contributed by atoms with Gasteiger partial charge in [0.15, 0.2) is 0 Å². The van der Waals surface area contributed by atoms with Gasteiger partial charge >= 0.3 is 0 Å². The van der Waals surface area contributed by atoms with E-state index < -0.39 is 10.0 Å². The number of aromatic nitrogens is 2. The lowest BCUT2D eigenvalue weighted by Crippen LogP contribution is -2.29. The summed E-state index contributed by atoms with van der Waals surface area (Å²) in [6.07, 6.45) is 6.45. The number of H-pyrrole nitrogens is 1. The fraction of sp³-hybridized carbons (Fsp3) is 0.400. The highest BCUT2D eigenvalue weighted by molar-refractivity contribution is 7.89. The van der Waals surface area contributed by atoms with Gasteiger partial charge < -0.3 is 4.90 Å². The molecule has 1 aromatic carbocycles. The highest BCUT2D eigenvalue weighted by atomic mass is 32.2. The van der Waals surface area contributed by atoms with E-state index in [0.717, 1.165) is 18.7 Å². The number of nitrogens with zero attached hydrogens (tertiary/aromatic N) is 2. The maximum absolute atomic E-state index is 12.0. The van der Waals surface area contributed by atoms with Crippen LogP contribution in [-0.2, 0) is 16.6 Å². The van der Waals surface area contributed by atoms with Crippen molar-refractivity contribution in [1.82, 2.24) is 14.9 Å². The van der Waals surface area contributed by atoms with Crippen molar-refractivity contribution in [3.05, 3.63) is 42.2 Å². The van der Waals surface area contributed by atoms with E-state index in [1.807, 2.05) is 12.1 Å². The Morgan fingerprint density at radius 3 is 2.50 bits per heavy atom. The van der Waals surface area contributed by atoms with Crippen LogP contribution in [0.3, 0.4) is 0 Å². The predicted molar refractivity (Wildman–Crippen MR) is 85.1 cm³/mol. The van der Waals surface area contributed by atoms with Crippen molar-refractivity contribution in [2.75, 3.05) is 18.0 Å². The highest BCUT2D eigenvalue weighted by Crippen LogP contribution is 2.20. The number of nitrogens with one attached hydrogen (secondary N) is 2. The van der Waals surface area contributed by atoms with Crippen LogP contribution in [0.2, 0.25) is 0 Å². The molecule has 1 aromatic heterocycles. The third-order valence-electron chi connectivity index (χ3n) is 3.91. The molecule has 0 radical (unpaired) electrons. The van der Waals surface area contributed by atoms with Crippen LogP contribution in [0.25, 0.3) is 0 Å². The Bertz CT molecular complexity index is 690. The van der Waals surface area contributed by atoms with Gasteiger partial charge in [-0.05, 0) is 37.0 Å². The lowest BCUT2D eigenvalue weighted by molar-refractivity contribution is 0.577. The van der Waals surface area contributed by atoms with Crippen LogP contribution in [0.1, 0.15) is 24.8 Å². The lowest BCUT2D eigenvalue weighted by Gasteiger charge is -2.28. The molecule has 2 aromatic rings. The van der Waals surface area contributed by atoms with Gasteiger partial charge in [-0.3, -0.25) is 5.10 Å². The van der Waals surface area contributed by atoms with E-state index in [-0.39, 0.29) is 11.4 Å². The monoisotopic (exact) mass is 320 g/mol. The average molecular weight is 320 g/mol. The number of hydrogen-bond acceptors (Lipinski definition) is 4. The summed E-state index contributed by atoms with van der Waals surface area (Å²) < 4.78 is 26.6. The maximum Gasteiger partial charge on any atom is 0.243 e. The van der Waals surface area contributed by atoms with E-state index >= 15 is 0 Å². The van der Waals surface area contributed by atoms with Crippen molar-refractivity contribution in [2.24, 2.45) is 0 Å². The van der Waals surface area contributed by atoms with Gasteiger partial charge in [-0.25, -0.2) is 13.1 Å². The van der Waals surface area contributed by atoms with Crippen molar-refractivity contribution in [3.8, 4) is 0 Å². The molecule has 118 valence electrons. The molecule has 0 atom stereocenters. The summed E-state index contributed by atoms with van der Waals surface area (Å²) in [5.74, 6) is 0. The topological polar surface area (TPSA) is 78.1 Å². The molecular weight excluding hydrogens is 300 g/mol.